The average Bonchev–Trinajstić information content (AvgIpc) is 2.58. The van der Waals surface area contributed by atoms with Gasteiger partial charge in [-0.1, -0.05) is 20.8 Å². The Morgan fingerprint density at radius 2 is 1.96 bits per heavy atom. The Hall–Kier alpha value is -1.92. The van der Waals surface area contributed by atoms with Crippen LogP contribution in [0.2, 0.25) is 0 Å². The summed E-state index contributed by atoms with van der Waals surface area (Å²) in [6.45, 7) is 6.70. The standard InChI is InChI=1S/C16H24N2O5/c1-10-5-15(3,4)9-16(6-10)13(21)18(14(22)17-16)7-12(20)23-8-11(2)19/h10H,5-9H2,1-4H3,(H,17,22)/t10-,16-/m0/s1. The van der Waals surface area contributed by atoms with E-state index >= 15 is 0 Å². The number of rotatable bonds is 4. The van der Waals surface area contributed by atoms with Crippen molar-refractivity contribution in [2.24, 2.45) is 11.3 Å². The van der Waals surface area contributed by atoms with Crippen LogP contribution >= 0.6 is 0 Å². The summed E-state index contributed by atoms with van der Waals surface area (Å²) < 4.78 is 4.74. The molecule has 2 rings (SSSR count). The van der Waals surface area contributed by atoms with Crippen LogP contribution in [0, 0.1) is 11.3 Å². The fourth-order valence-electron chi connectivity index (χ4n) is 4.01. The molecule has 0 bridgehead atoms. The first-order valence-electron chi connectivity index (χ1n) is 7.84. The summed E-state index contributed by atoms with van der Waals surface area (Å²) in [7, 11) is 0. The van der Waals surface area contributed by atoms with E-state index in [1.807, 2.05) is 0 Å². The summed E-state index contributed by atoms with van der Waals surface area (Å²) in [5.74, 6) is -1.13. The lowest BCUT2D eigenvalue weighted by atomic mass is 9.64. The second kappa shape index (κ2) is 5.94. The Bertz CT molecular complexity index is 557. The maximum absolute atomic E-state index is 12.8. The van der Waals surface area contributed by atoms with Gasteiger partial charge in [0.05, 0.1) is 0 Å². The van der Waals surface area contributed by atoms with Gasteiger partial charge in [0.25, 0.3) is 5.91 Å². The van der Waals surface area contributed by atoms with Crippen molar-refractivity contribution in [2.75, 3.05) is 13.2 Å². The van der Waals surface area contributed by atoms with Crippen molar-refractivity contribution in [3.8, 4) is 0 Å². The van der Waals surface area contributed by atoms with Crippen LogP contribution < -0.4 is 5.32 Å². The van der Waals surface area contributed by atoms with Gasteiger partial charge >= 0.3 is 12.0 Å². The van der Waals surface area contributed by atoms with Gasteiger partial charge in [-0.05, 0) is 37.5 Å². The molecule has 0 aromatic carbocycles. The van der Waals surface area contributed by atoms with E-state index in [0.717, 1.165) is 11.3 Å². The third-order valence-electron chi connectivity index (χ3n) is 4.35. The lowest BCUT2D eigenvalue weighted by Crippen LogP contribution is -2.54. The minimum Gasteiger partial charge on any atom is -0.456 e. The number of amides is 3. The molecule has 1 saturated heterocycles. The zero-order valence-electron chi connectivity index (χ0n) is 14.1. The molecule has 1 spiro atoms. The predicted octanol–water partition coefficient (Wildman–Crippen LogP) is 1.26. The number of hydrogen-bond donors (Lipinski definition) is 1. The Kier molecular flexibility index (Phi) is 4.50. The highest BCUT2D eigenvalue weighted by molar-refractivity contribution is 6.08. The number of carbonyl (C=O) groups is 4. The van der Waals surface area contributed by atoms with E-state index in [-0.39, 0.29) is 23.7 Å². The Balaban J connectivity index is 2.10. The number of urea groups is 1. The van der Waals surface area contributed by atoms with Crippen molar-refractivity contribution in [1.82, 2.24) is 10.2 Å². The van der Waals surface area contributed by atoms with Crippen molar-refractivity contribution in [1.29, 1.82) is 0 Å². The van der Waals surface area contributed by atoms with Crippen molar-refractivity contribution in [3.63, 3.8) is 0 Å². The fraction of sp³-hybridized carbons (Fsp3) is 0.750. The molecule has 0 radical (unpaired) electrons. The van der Waals surface area contributed by atoms with Gasteiger partial charge in [0.15, 0.2) is 5.78 Å². The molecule has 1 heterocycles. The van der Waals surface area contributed by atoms with Crippen molar-refractivity contribution < 1.29 is 23.9 Å². The molecule has 1 aliphatic carbocycles. The molecule has 0 unspecified atom stereocenters. The summed E-state index contributed by atoms with van der Waals surface area (Å²) in [5.41, 5.74) is -0.995. The maximum atomic E-state index is 12.8. The lowest BCUT2D eigenvalue weighted by molar-refractivity contribution is -0.150. The van der Waals surface area contributed by atoms with Crippen LogP contribution in [0.5, 0.6) is 0 Å². The smallest absolute Gasteiger partial charge is 0.326 e. The van der Waals surface area contributed by atoms with E-state index in [9.17, 15) is 19.2 Å². The molecule has 1 saturated carbocycles. The highest BCUT2D eigenvalue weighted by atomic mass is 16.5. The number of ether oxygens (including phenoxy) is 1. The zero-order chi connectivity index (χ0) is 17.4. The molecule has 0 aromatic heterocycles. The number of hydrogen-bond acceptors (Lipinski definition) is 5. The normalized spacial score (nSPS) is 29.6. The number of nitrogens with one attached hydrogen (secondary N) is 1. The van der Waals surface area contributed by atoms with Gasteiger partial charge in [-0.25, -0.2) is 4.79 Å². The van der Waals surface area contributed by atoms with Gasteiger partial charge in [-0.15, -0.1) is 0 Å². The van der Waals surface area contributed by atoms with Gasteiger partial charge in [0.2, 0.25) is 0 Å². The monoisotopic (exact) mass is 324 g/mol. The summed E-state index contributed by atoms with van der Waals surface area (Å²) in [5, 5.41) is 2.79. The SMILES string of the molecule is CC(=O)COC(=O)CN1C(=O)N[C@]2(C[C@@H](C)CC(C)(C)C2)C1=O. The van der Waals surface area contributed by atoms with Crippen LogP contribution in [-0.2, 0) is 19.1 Å². The second-order valence-electron chi connectivity index (χ2n) is 7.62. The Morgan fingerprint density at radius 3 is 2.52 bits per heavy atom. The van der Waals surface area contributed by atoms with Crippen molar-refractivity contribution >= 4 is 23.7 Å². The number of imide groups is 1. The quantitative estimate of drug-likeness (QED) is 0.621. The third-order valence-corrected chi connectivity index (χ3v) is 4.35. The summed E-state index contributed by atoms with van der Waals surface area (Å²) in [6.07, 6.45) is 2.10. The van der Waals surface area contributed by atoms with Crippen LogP contribution in [0.25, 0.3) is 0 Å². The zero-order valence-corrected chi connectivity index (χ0v) is 14.1. The largest absolute Gasteiger partial charge is 0.456 e. The maximum Gasteiger partial charge on any atom is 0.326 e. The summed E-state index contributed by atoms with van der Waals surface area (Å²) >= 11 is 0. The van der Waals surface area contributed by atoms with E-state index in [1.165, 1.54) is 6.92 Å². The van der Waals surface area contributed by atoms with E-state index < -0.39 is 24.1 Å². The van der Waals surface area contributed by atoms with Gasteiger partial charge in [-0.3, -0.25) is 19.3 Å². The number of esters is 1. The molecule has 2 aliphatic rings. The molecule has 1 N–H and O–H groups in total. The van der Waals surface area contributed by atoms with Crippen LogP contribution in [-0.4, -0.2) is 47.3 Å². The summed E-state index contributed by atoms with van der Waals surface area (Å²) in [4.78, 5) is 48.4. The molecule has 7 nitrogen and oxygen atoms in total. The summed E-state index contributed by atoms with van der Waals surface area (Å²) in [6, 6.07) is -0.570. The van der Waals surface area contributed by atoms with Crippen LogP contribution in [0.1, 0.15) is 47.0 Å². The van der Waals surface area contributed by atoms with Crippen LogP contribution in [0.4, 0.5) is 4.79 Å². The minimum atomic E-state index is -0.931. The molecule has 128 valence electrons. The van der Waals surface area contributed by atoms with Gasteiger partial charge < -0.3 is 10.1 Å². The predicted molar refractivity (Wildman–Crippen MR) is 81.4 cm³/mol. The Labute approximate surface area is 135 Å². The lowest BCUT2D eigenvalue weighted by Gasteiger charge is -2.43. The van der Waals surface area contributed by atoms with Crippen LogP contribution in [0.15, 0.2) is 0 Å². The molecular weight excluding hydrogens is 300 g/mol. The Morgan fingerprint density at radius 1 is 1.30 bits per heavy atom. The van der Waals surface area contributed by atoms with E-state index in [0.29, 0.717) is 18.8 Å². The first kappa shape index (κ1) is 17.4. The molecule has 23 heavy (non-hydrogen) atoms. The molecule has 2 fully saturated rings. The highest BCUT2D eigenvalue weighted by Crippen LogP contribution is 2.46. The first-order chi connectivity index (χ1) is 10.5. The average molecular weight is 324 g/mol. The number of carbonyl (C=O) groups excluding carboxylic acids is 4. The van der Waals surface area contributed by atoms with Gasteiger partial charge in [0, 0.05) is 0 Å². The molecule has 3 amide bonds. The van der Waals surface area contributed by atoms with E-state index in [2.05, 4.69) is 26.1 Å². The number of Topliss-reactive ketones (excluding diaryl/α,β-unsaturated/α-hetero) is 1. The topological polar surface area (TPSA) is 92.8 Å². The van der Waals surface area contributed by atoms with Crippen molar-refractivity contribution in [2.45, 2.75) is 52.5 Å². The molecule has 0 aromatic rings. The van der Waals surface area contributed by atoms with E-state index in [4.69, 9.17) is 4.74 Å². The molecule has 1 aliphatic heterocycles. The highest BCUT2D eigenvalue weighted by Gasteiger charge is 2.56. The van der Waals surface area contributed by atoms with Crippen LogP contribution in [0.3, 0.4) is 0 Å². The number of ketones is 1. The second-order valence-corrected chi connectivity index (χ2v) is 7.62. The molecule has 2 atom stereocenters. The fourth-order valence-corrected chi connectivity index (χ4v) is 4.01. The number of nitrogens with zero attached hydrogens (tertiary/aromatic N) is 1. The van der Waals surface area contributed by atoms with E-state index in [1.54, 1.807) is 0 Å². The first-order valence-corrected chi connectivity index (χ1v) is 7.84. The van der Waals surface area contributed by atoms with Gasteiger partial charge in [-0.2, -0.15) is 0 Å². The molecular formula is C16H24N2O5. The third kappa shape index (κ3) is 3.71. The van der Waals surface area contributed by atoms with Crippen molar-refractivity contribution in [3.05, 3.63) is 0 Å². The minimum absolute atomic E-state index is 0.0637. The van der Waals surface area contributed by atoms with Gasteiger partial charge in [0.1, 0.15) is 18.7 Å². The molecule has 7 heteroatoms.